The fourth-order valence-corrected chi connectivity index (χ4v) is 1.48. The lowest BCUT2D eigenvalue weighted by Gasteiger charge is -2.06. The van der Waals surface area contributed by atoms with Gasteiger partial charge in [0.05, 0.1) is 23.8 Å². The number of nitrogens with zero attached hydrogens (tertiary/aromatic N) is 2. The van der Waals surface area contributed by atoms with Crippen LogP contribution in [-0.2, 0) is 0 Å². The van der Waals surface area contributed by atoms with Crippen molar-refractivity contribution in [1.82, 2.24) is 9.78 Å². The summed E-state index contributed by atoms with van der Waals surface area (Å²) in [5.74, 6) is 0. The first kappa shape index (κ1) is 9.09. The number of nitrogens with two attached hydrogens (primary N) is 1. The van der Waals surface area contributed by atoms with Crippen molar-refractivity contribution in [3.63, 3.8) is 0 Å². The van der Waals surface area contributed by atoms with Crippen LogP contribution in [0.1, 0.15) is 5.56 Å². The van der Waals surface area contributed by atoms with E-state index in [2.05, 4.69) is 5.10 Å². The van der Waals surface area contributed by atoms with E-state index in [4.69, 9.17) is 17.3 Å². The Balaban J connectivity index is 2.57. The fourth-order valence-electron chi connectivity index (χ4n) is 1.31. The van der Waals surface area contributed by atoms with E-state index in [9.17, 15) is 0 Å². The molecule has 4 heteroatoms. The molecule has 2 N–H and O–H groups in total. The number of benzene rings is 1. The topological polar surface area (TPSA) is 43.8 Å². The molecule has 72 valence electrons. The Kier molecular flexibility index (Phi) is 2.17. The predicted molar refractivity (Wildman–Crippen MR) is 57.7 cm³/mol. The number of rotatable bonds is 1. The molecule has 0 saturated heterocycles. The summed E-state index contributed by atoms with van der Waals surface area (Å²) in [6.07, 6.45) is 3.37. The van der Waals surface area contributed by atoms with Gasteiger partial charge in [0.1, 0.15) is 0 Å². The maximum Gasteiger partial charge on any atom is 0.0724 e. The van der Waals surface area contributed by atoms with Crippen LogP contribution in [0.15, 0.2) is 30.6 Å². The molecular formula is C10H10ClN3. The molecule has 3 nitrogen and oxygen atoms in total. The van der Waals surface area contributed by atoms with E-state index in [0.29, 0.717) is 5.69 Å². The highest BCUT2D eigenvalue weighted by Gasteiger charge is 2.04. The van der Waals surface area contributed by atoms with Crippen molar-refractivity contribution in [2.45, 2.75) is 6.92 Å². The standard InChI is InChI=1S/C10H10ClN3/c1-7-9(11)3-2-4-10(7)14-6-8(12)5-13-14/h2-6H,12H2,1H3. The third-order valence-corrected chi connectivity index (χ3v) is 2.50. The third-order valence-electron chi connectivity index (χ3n) is 2.09. The molecule has 0 aliphatic heterocycles. The Labute approximate surface area is 87.1 Å². The third kappa shape index (κ3) is 1.46. The molecule has 0 radical (unpaired) electrons. The van der Waals surface area contributed by atoms with E-state index >= 15 is 0 Å². The largest absolute Gasteiger partial charge is 0.396 e. The summed E-state index contributed by atoms with van der Waals surface area (Å²) in [5.41, 5.74) is 8.18. The van der Waals surface area contributed by atoms with E-state index in [1.807, 2.05) is 25.1 Å². The highest BCUT2D eigenvalue weighted by atomic mass is 35.5. The van der Waals surface area contributed by atoms with Crippen molar-refractivity contribution in [2.75, 3.05) is 5.73 Å². The zero-order valence-electron chi connectivity index (χ0n) is 7.74. The Morgan fingerprint density at radius 3 is 2.86 bits per heavy atom. The van der Waals surface area contributed by atoms with E-state index in [1.54, 1.807) is 17.1 Å². The number of anilines is 1. The van der Waals surface area contributed by atoms with Crippen LogP contribution in [0.3, 0.4) is 0 Å². The molecule has 0 fully saturated rings. The molecule has 1 heterocycles. The minimum atomic E-state index is 0.643. The van der Waals surface area contributed by atoms with E-state index in [1.165, 1.54) is 0 Å². The molecule has 0 aliphatic carbocycles. The SMILES string of the molecule is Cc1c(Cl)cccc1-n1cc(N)cn1. The summed E-state index contributed by atoms with van der Waals surface area (Å²) < 4.78 is 1.72. The van der Waals surface area contributed by atoms with Crippen LogP contribution >= 0.6 is 11.6 Å². The Morgan fingerprint density at radius 1 is 1.43 bits per heavy atom. The van der Waals surface area contributed by atoms with E-state index in [-0.39, 0.29) is 0 Å². The van der Waals surface area contributed by atoms with Gasteiger partial charge in [-0.1, -0.05) is 17.7 Å². The van der Waals surface area contributed by atoms with Gasteiger partial charge in [-0.2, -0.15) is 5.10 Å². The Hall–Kier alpha value is -1.48. The number of aromatic nitrogens is 2. The number of hydrogen-bond acceptors (Lipinski definition) is 2. The van der Waals surface area contributed by atoms with Crippen molar-refractivity contribution in [3.05, 3.63) is 41.2 Å². The smallest absolute Gasteiger partial charge is 0.0724 e. The summed E-state index contributed by atoms with van der Waals surface area (Å²) in [4.78, 5) is 0. The van der Waals surface area contributed by atoms with Gasteiger partial charge in [0.15, 0.2) is 0 Å². The molecule has 0 spiro atoms. The van der Waals surface area contributed by atoms with Crippen LogP contribution in [0.2, 0.25) is 5.02 Å². The predicted octanol–water partition coefficient (Wildman–Crippen LogP) is 2.42. The van der Waals surface area contributed by atoms with E-state index in [0.717, 1.165) is 16.3 Å². The van der Waals surface area contributed by atoms with Gasteiger partial charge in [-0.15, -0.1) is 0 Å². The molecule has 0 atom stereocenters. The molecule has 0 saturated carbocycles. The summed E-state index contributed by atoms with van der Waals surface area (Å²) in [6, 6.07) is 5.70. The molecular weight excluding hydrogens is 198 g/mol. The second-order valence-electron chi connectivity index (χ2n) is 3.10. The minimum Gasteiger partial charge on any atom is -0.396 e. The molecule has 14 heavy (non-hydrogen) atoms. The van der Waals surface area contributed by atoms with Crippen LogP contribution in [0.5, 0.6) is 0 Å². The average Bonchev–Trinajstić information content (AvgIpc) is 2.57. The quantitative estimate of drug-likeness (QED) is 0.781. The second-order valence-corrected chi connectivity index (χ2v) is 3.51. The lowest BCUT2D eigenvalue weighted by Crippen LogP contribution is -1.97. The molecule has 1 aromatic heterocycles. The molecule has 2 aromatic rings. The first-order valence-electron chi connectivity index (χ1n) is 4.24. The molecule has 1 aromatic carbocycles. The average molecular weight is 208 g/mol. The van der Waals surface area contributed by atoms with Crippen molar-refractivity contribution in [2.24, 2.45) is 0 Å². The van der Waals surface area contributed by atoms with Crippen molar-refractivity contribution in [3.8, 4) is 5.69 Å². The molecule has 2 rings (SSSR count). The van der Waals surface area contributed by atoms with Crippen LogP contribution in [0.25, 0.3) is 5.69 Å². The zero-order chi connectivity index (χ0) is 10.1. The van der Waals surface area contributed by atoms with Crippen molar-refractivity contribution < 1.29 is 0 Å². The zero-order valence-corrected chi connectivity index (χ0v) is 8.49. The van der Waals surface area contributed by atoms with Gasteiger partial charge in [-0.25, -0.2) is 4.68 Å². The highest BCUT2D eigenvalue weighted by molar-refractivity contribution is 6.31. The van der Waals surface area contributed by atoms with E-state index < -0.39 is 0 Å². The summed E-state index contributed by atoms with van der Waals surface area (Å²) in [7, 11) is 0. The lowest BCUT2D eigenvalue weighted by molar-refractivity contribution is 0.873. The normalized spacial score (nSPS) is 10.4. The van der Waals surface area contributed by atoms with Gasteiger partial charge in [0.25, 0.3) is 0 Å². The van der Waals surface area contributed by atoms with Gasteiger partial charge in [0.2, 0.25) is 0 Å². The number of hydrogen-bond donors (Lipinski definition) is 1. The first-order valence-corrected chi connectivity index (χ1v) is 4.62. The Morgan fingerprint density at radius 2 is 2.21 bits per heavy atom. The highest BCUT2D eigenvalue weighted by Crippen LogP contribution is 2.21. The van der Waals surface area contributed by atoms with Gasteiger partial charge in [-0.05, 0) is 24.6 Å². The van der Waals surface area contributed by atoms with Crippen molar-refractivity contribution in [1.29, 1.82) is 0 Å². The minimum absolute atomic E-state index is 0.643. The van der Waals surface area contributed by atoms with Gasteiger partial charge < -0.3 is 5.73 Å². The summed E-state index contributed by atoms with van der Waals surface area (Å²) in [6.45, 7) is 1.95. The van der Waals surface area contributed by atoms with Crippen LogP contribution in [-0.4, -0.2) is 9.78 Å². The van der Waals surface area contributed by atoms with Crippen molar-refractivity contribution >= 4 is 17.3 Å². The number of nitrogen functional groups attached to an aromatic ring is 1. The maximum absolute atomic E-state index is 6.00. The van der Waals surface area contributed by atoms with Crippen LogP contribution in [0.4, 0.5) is 5.69 Å². The Bertz CT molecular complexity index is 462. The summed E-state index contributed by atoms with van der Waals surface area (Å²) >= 11 is 6.00. The molecule has 0 amide bonds. The molecule has 0 unspecified atom stereocenters. The fraction of sp³-hybridized carbons (Fsp3) is 0.100. The van der Waals surface area contributed by atoms with Crippen LogP contribution in [0, 0.1) is 6.92 Å². The first-order chi connectivity index (χ1) is 6.68. The lowest BCUT2D eigenvalue weighted by atomic mass is 10.2. The second kappa shape index (κ2) is 3.35. The molecule has 0 bridgehead atoms. The molecule has 0 aliphatic rings. The van der Waals surface area contributed by atoms with Crippen LogP contribution < -0.4 is 5.73 Å². The maximum atomic E-state index is 6.00. The number of halogens is 1. The summed E-state index contributed by atoms with van der Waals surface area (Å²) in [5, 5.41) is 4.85. The van der Waals surface area contributed by atoms with Gasteiger partial charge >= 0.3 is 0 Å². The van der Waals surface area contributed by atoms with Gasteiger partial charge in [-0.3, -0.25) is 0 Å². The monoisotopic (exact) mass is 207 g/mol. The van der Waals surface area contributed by atoms with Gasteiger partial charge in [0, 0.05) is 5.02 Å².